The van der Waals surface area contributed by atoms with E-state index >= 15 is 0 Å². The zero-order valence-corrected chi connectivity index (χ0v) is 19.4. The molecule has 32 heavy (non-hydrogen) atoms. The summed E-state index contributed by atoms with van der Waals surface area (Å²) in [6.45, 7) is 6.39. The number of thioether (sulfide) groups is 1. The molecule has 1 heterocycles. The van der Waals surface area contributed by atoms with Crippen molar-refractivity contribution in [3.63, 3.8) is 0 Å². The fourth-order valence-electron chi connectivity index (χ4n) is 3.05. The predicted molar refractivity (Wildman–Crippen MR) is 127 cm³/mol. The second kappa shape index (κ2) is 10.9. The normalized spacial score (nSPS) is 11.8. The maximum atomic E-state index is 12.7. The molecule has 0 aliphatic heterocycles. The number of nitrogens with zero attached hydrogens (tertiary/aromatic N) is 3. The van der Waals surface area contributed by atoms with Crippen molar-refractivity contribution in [2.75, 3.05) is 24.4 Å². The molecule has 0 saturated heterocycles. The van der Waals surface area contributed by atoms with Crippen LogP contribution in [0.15, 0.2) is 53.7 Å². The fraction of sp³-hybridized carbons (Fsp3) is 0.304. The van der Waals surface area contributed by atoms with Crippen molar-refractivity contribution in [3.05, 3.63) is 54.1 Å². The van der Waals surface area contributed by atoms with Crippen LogP contribution in [0.3, 0.4) is 0 Å². The third kappa shape index (κ3) is 6.18. The second-order valence-corrected chi connectivity index (χ2v) is 8.64. The van der Waals surface area contributed by atoms with Crippen LogP contribution in [0.25, 0.3) is 11.4 Å². The summed E-state index contributed by atoms with van der Waals surface area (Å²) in [5.41, 5.74) is 3.43. The van der Waals surface area contributed by atoms with Gasteiger partial charge in [-0.15, -0.1) is 10.2 Å². The van der Waals surface area contributed by atoms with Crippen LogP contribution in [0, 0.1) is 6.92 Å². The van der Waals surface area contributed by atoms with Gasteiger partial charge in [0.05, 0.1) is 18.4 Å². The quantitative estimate of drug-likeness (QED) is 0.476. The Labute approximate surface area is 191 Å². The average molecular weight is 454 g/mol. The molecule has 1 unspecified atom stereocenters. The van der Waals surface area contributed by atoms with E-state index in [4.69, 9.17) is 4.74 Å². The Morgan fingerprint density at radius 2 is 1.78 bits per heavy atom. The van der Waals surface area contributed by atoms with E-state index in [2.05, 4.69) is 26.9 Å². The molecule has 0 radical (unpaired) electrons. The Bertz CT molecular complexity index is 1080. The van der Waals surface area contributed by atoms with Gasteiger partial charge in [0, 0.05) is 31.0 Å². The van der Waals surface area contributed by atoms with Crippen molar-refractivity contribution >= 4 is 35.0 Å². The van der Waals surface area contributed by atoms with E-state index in [0.29, 0.717) is 29.7 Å². The largest absolute Gasteiger partial charge is 0.383 e. The summed E-state index contributed by atoms with van der Waals surface area (Å²) in [6.07, 6.45) is 0. The van der Waals surface area contributed by atoms with E-state index in [1.807, 2.05) is 36.6 Å². The summed E-state index contributed by atoms with van der Waals surface area (Å²) < 4.78 is 7.24. The Morgan fingerprint density at radius 1 is 1.09 bits per heavy atom. The van der Waals surface area contributed by atoms with Gasteiger partial charge in [-0.05, 0) is 44.2 Å². The molecular weight excluding hydrogens is 426 g/mol. The number of benzene rings is 2. The van der Waals surface area contributed by atoms with Gasteiger partial charge in [-0.1, -0.05) is 35.5 Å². The van der Waals surface area contributed by atoms with Crippen molar-refractivity contribution in [2.45, 2.75) is 37.7 Å². The minimum atomic E-state index is -0.402. The number of carbonyl (C=O) groups excluding carboxylic acids is 2. The molecule has 0 fully saturated rings. The second-order valence-electron chi connectivity index (χ2n) is 7.33. The minimum Gasteiger partial charge on any atom is -0.383 e. The summed E-state index contributed by atoms with van der Waals surface area (Å²) in [4.78, 5) is 23.9. The van der Waals surface area contributed by atoms with Crippen molar-refractivity contribution < 1.29 is 14.3 Å². The van der Waals surface area contributed by atoms with Crippen LogP contribution in [-0.2, 0) is 20.9 Å². The molecule has 3 rings (SSSR count). The molecule has 1 atom stereocenters. The fourth-order valence-corrected chi connectivity index (χ4v) is 3.93. The highest BCUT2D eigenvalue weighted by atomic mass is 32.2. The van der Waals surface area contributed by atoms with E-state index in [9.17, 15) is 9.59 Å². The van der Waals surface area contributed by atoms with Gasteiger partial charge in [0.25, 0.3) is 0 Å². The van der Waals surface area contributed by atoms with Gasteiger partial charge in [-0.2, -0.15) is 0 Å². The number of anilines is 2. The topological polar surface area (TPSA) is 98.1 Å². The van der Waals surface area contributed by atoms with Gasteiger partial charge in [-0.3, -0.25) is 14.2 Å². The maximum Gasteiger partial charge on any atom is 0.237 e. The van der Waals surface area contributed by atoms with Crippen LogP contribution in [-0.4, -0.2) is 45.5 Å². The molecule has 0 bridgehead atoms. The lowest BCUT2D eigenvalue weighted by Gasteiger charge is -2.14. The standard InChI is InChI=1S/C23H27N5O3S/c1-15-6-5-7-18(14-15)21-26-27-23(28(21)12-13-31-4)32-16(2)22(30)25-20-10-8-19(9-11-20)24-17(3)29/h5-11,14,16H,12-13H2,1-4H3,(H,24,29)(H,25,30). The van der Waals surface area contributed by atoms with Crippen LogP contribution in [0.4, 0.5) is 11.4 Å². The summed E-state index contributed by atoms with van der Waals surface area (Å²) in [5, 5.41) is 14.6. The van der Waals surface area contributed by atoms with Gasteiger partial charge in [0.15, 0.2) is 11.0 Å². The number of hydrogen-bond donors (Lipinski definition) is 2. The van der Waals surface area contributed by atoms with Crippen LogP contribution < -0.4 is 10.6 Å². The van der Waals surface area contributed by atoms with E-state index < -0.39 is 5.25 Å². The summed E-state index contributed by atoms with van der Waals surface area (Å²) in [5.74, 6) is 0.449. The molecule has 0 saturated carbocycles. The first-order chi connectivity index (χ1) is 15.4. The molecule has 1 aromatic heterocycles. The number of rotatable bonds is 9. The number of carbonyl (C=O) groups is 2. The molecule has 9 heteroatoms. The van der Waals surface area contributed by atoms with Crippen LogP contribution in [0.5, 0.6) is 0 Å². The van der Waals surface area contributed by atoms with Crippen molar-refractivity contribution in [1.29, 1.82) is 0 Å². The first-order valence-corrected chi connectivity index (χ1v) is 11.1. The lowest BCUT2D eigenvalue weighted by Crippen LogP contribution is -2.23. The first-order valence-electron chi connectivity index (χ1n) is 10.2. The molecule has 2 N–H and O–H groups in total. The van der Waals surface area contributed by atoms with Crippen LogP contribution in [0.1, 0.15) is 19.4 Å². The Morgan fingerprint density at radius 3 is 2.41 bits per heavy atom. The minimum absolute atomic E-state index is 0.144. The first kappa shape index (κ1) is 23.5. The maximum absolute atomic E-state index is 12.7. The Kier molecular flexibility index (Phi) is 8.02. The summed E-state index contributed by atoms with van der Waals surface area (Å²) in [6, 6.07) is 15.0. The molecule has 0 spiro atoms. The third-order valence-corrected chi connectivity index (χ3v) is 5.72. The monoisotopic (exact) mass is 453 g/mol. The molecule has 0 aliphatic carbocycles. The molecule has 2 amide bonds. The van der Waals surface area contributed by atoms with E-state index in [-0.39, 0.29) is 11.8 Å². The van der Waals surface area contributed by atoms with Gasteiger partial charge in [-0.25, -0.2) is 0 Å². The molecule has 0 aliphatic rings. The Balaban J connectivity index is 1.72. The SMILES string of the molecule is COCCn1c(SC(C)C(=O)Nc2ccc(NC(C)=O)cc2)nnc1-c1cccc(C)c1. The van der Waals surface area contributed by atoms with E-state index in [1.54, 1.807) is 31.4 Å². The molecule has 3 aromatic rings. The molecule has 168 valence electrons. The third-order valence-electron chi connectivity index (χ3n) is 4.64. The van der Waals surface area contributed by atoms with Gasteiger partial charge in [0.1, 0.15) is 0 Å². The zero-order chi connectivity index (χ0) is 23.1. The van der Waals surface area contributed by atoms with Crippen LogP contribution in [0.2, 0.25) is 0 Å². The van der Waals surface area contributed by atoms with Crippen molar-refractivity contribution in [3.8, 4) is 11.4 Å². The van der Waals surface area contributed by atoms with Crippen LogP contribution >= 0.6 is 11.8 Å². The molecule has 8 nitrogen and oxygen atoms in total. The highest BCUT2D eigenvalue weighted by Gasteiger charge is 2.21. The number of aryl methyl sites for hydroxylation is 1. The number of methoxy groups -OCH3 is 1. The predicted octanol–water partition coefficient (Wildman–Crippen LogP) is 3.98. The van der Waals surface area contributed by atoms with Gasteiger partial charge in [0.2, 0.25) is 11.8 Å². The molecular formula is C23H27N5O3S. The number of amides is 2. The molecule has 2 aromatic carbocycles. The van der Waals surface area contributed by atoms with Gasteiger partial charge < -0.3 is 15.4 Å². The highest BCUT2D eigenvalue weighted by molar-refractivity contribution is 8.00. The van der Waals surface area contributed by atoms with Gasteiger partial charge >= 0.3 is 0 Å². The smallest absolute Gasteiger partial charge is 0.237 e. The summed E-state index contributed by atoms with van der Waals surface area (Å²) >= 11 is 1.34. The lowest BCUT2D eigenvalue weighted by atomic mass is 10.1. The Hall–Kier alpha value is -3.17. The van der Waals surface area contributed by atoms with E-state index in [0.717, 1.165) is 17.0 Å². The number of nitrogens with one attached hydrogen (secondary N) is 2. The lowest BCUT2D eigenvalue weighted by molar-refractivity contribution is -0.115. The van der Waals surface area contributed by atoms with Crippen molar-refractivity contribution in [2.24, 2.45) is 0 Å². The number of ether oxygens (including phenoxy) is 1. The number of aromatic nitrogens is 3. The summed E-state index contributed by atoms with van der Waals surface area (Å²) in [7, 11) is 1.65. The van der Waals surface area contributed by atoms with E-state index in [1.165, 1.54) is 18.7 Å². The zero-order valence-electron chi connectivity index (χ0n) is 18.6. The van der Waals surface area contributed by atoms with Crippen molar-refractivity contribution in [1.82, 2.24) is 14.8 Å². The number of hydrogen-bond acceptors (Lipinski definition) is 6. The highest BCUT2D eigenvalue weighted by Crippen LogP contribution is 2.28. The average Bonchev–Trinajstić information content (AvgIpc) is 3.15.